The molecule has 0 aliphatic carbocycles. The number of morpholine rings is 1. The molecule has 3 nitrogen and oxygen atoms in total. The molecule has 13 heavy (non-hydrogen) atoms. The number of hydrogen-bond donors (Lipinski definition) is 0. The van der Waals surface area contributed by atoms with Gasteiger partial charge in [0.05, 0.1) is 26.4 Å². The van der Waals surface area contributed by atoms with Crippen LogP contribution in [0.5, 0.6) is 0 Å². The van der Waals surface area contributed by atoms with E-state index in [0.29, 0.717) is 0 Å². The molecule has 0 amide bonds. The standard InChI is InChI=1S/C10H20NO2/c1-10(2)9-13-8-5-11-3-6-12-7-4-11/h3-9H2,1-2H3. The lowest BCUT2D eigenvalue weighted by Gasteiger charge is -2.26. The summed E-state index contributed by atoms with van der Waals surface area (Å²) >= 11 is 0. The fourth-order valence-corrected chi connectivity index (χ4v) is 1.29. The van der Waals surface area contributed by atoms with Gasteiger partial charge in [-0.15, -0.1) is 0 Å². The van der Waals surface area contributed by atoms with Crippen LogP contribution in [0.4, 0.5) is 0 Å². The molecule has 1 saturated heterocycles. The molecule has 77 valence electrons. The zero-order valence-corrected chi connectivity index (χ0v) is 8.71. The molecule has 0 aromatic rings. The molecule has 0 aromatic heterocycles. The van der Waals surface area contributed by atoms with E-state index in [1.165, 1.54) is 5.92 Å². The summed E-state index contributed by atoms with van der Waals surface area (Å²) in [4.78, 5) is 2.38. The molecule has 1 fully saturated rings. The van der Waals surface area contributed by atoms with Gasteiger partial charge in [0.15, 0.2) is 0 Å². The summed E-state index contributed by atoms with van der Waals surface area (Å²) in [6.07, 6.45) is 0. The van der Waals surface area contributed by atoms with Crippen LogP contribution in [0.2, 0.25) is 0 Å². The van der Waals surface area contributed by atoms with Crippen LogP contribution in [0, 0.1) is 5.92 Å². The maximum absolute atomic E-state index is 5.48. The Bertz CT molecular complexity index is 122. The Morgan fingerprint density at radius 1 is 1.31 bits per heavy atom. The first kappa shape index (κ1) is 11.0. The Labute approximate surface area is 81.0 Å². The first-order valence-electron chi connectivity index (χ1n) is 4.96. The second kappa shape index (κ2) is 6.35. The van der Waals surface area contributed by atoms with Crippen LogP contribution in [0.15, 0.2) is 0 Å². The lowest BCUT2D eigenvalue weighted by molar-refractivity contribution is 0.0217. The lowest BCUT2D eigenvalue weighted by Crippen LogP contribution is -2.38. The number of hydrogen-bond acceptors (Lipinski definition) is 3. The largest absolute Gasteiger partial charge is 0.380 e. The minimum Gasteiger partial charge on any atom is -0.380 e. The van der Waals surface area contributed by atoms with Crippen LogP contribution in [-0.4, -0.2) is 51.0 Å². The number of rotatable bonds is 5. The van der Waals surface area contributed by atoms with Crippen molar-refractivity contribution in [2.24, 2.45) is 0 Å². The van der Waals surface area contributed by atoms with Gasteiger partial charge in [-0.1, -0.05) is 13.8 Å². The van der Waals surface area contributed by atoms with E-state index < -0.39 is 0 Å². The molecule has 1 radical (unpaired) electrons. The number of nitrogens with zero attached hydrogens (tertiary/aromatic N) is 1. The maximum atomic E-state index is 5.48. The summed E-state index contributed by atoms with van der Waals surface area (Å²) in [6.45, 7) is 10.7. The van der Waals surface area contributed by atoms with Crippen molar-refractivity contribution in [1.29, 1.82) is 0 Å². The zero-order chi connectivity index (χ0) is 9.52. The minimum absolute atomic E-state index is 0.796. The van der Waals surface area contributed by atoms with Gasteiger partial charge in [-0.2, -0.15) is 0 Å². The molecule has 3 heteroatoms. The Morgan fingerprint density at radius 3 is 2.62 bits per heavy atom. The SMILES string of the molecule is C[C](C)COCCN1CCOCC1. The van der Waals surface area contributed by atoms with Crippen molar-refractivity contribution >= 4 is 0 Å². The van der Waals surface area contributed by atoms with Crippen molar-refractivity contribution < 1.29 is 9.47 Å². The molecule has 0 saturated carbocycles. The molecular weight excluding hydrogens is 166 g/mol. The average Bonchev–Trinajstić information content (AvgIpc) is 2.14. The van der Waals surface area contributed by atoms with Gasteiger partial charge in [0.2, 0.25) is 0 Å². The fourth-order valence-electron chi connectivity index (χ4n) is 1.29. The van der Waals surface area contributed by atoms with Crippen molar-refractivity contribution in [3.05, 3.63) is 5.92 Å². The van der Waals surface area contributed by atoms with Crippen LogP contribution in [0.25, 0.3) is 0 Å². The molecule has 1 heterocycles. The predicted octanol–water partition coefficient (Wildman–Crippen LogP) is 0.949. The van der Waals surface area contributed by atoms with E-state index in [4.69, 9.17) is 9.47 Å². The topological polar surface area (TPSA) is 21.7 Å². The second-order valence-electron chi connectivity index (χ2n) is 3.71. The van der Waals surface area contributed by atoms with Gasteiger partial charge in [-0.05, 0) is 5.92 Å². The van der Waals surface area contributed by atoms with Crippen molar-refractivity contribution in [3.63, 3.8) is 0 Å². The van der Waals surface area contributed by atoms with E-state index in [1.54, 1.807) is 0 Å². The third-order valence-electron chi connectivity index (χ3n) is 2.05. The van der Waals surface area contributed by atoms with E-state index in [-0.39, 0.29) is 0 Å². The quantitative estimate of drug-likeness (QED) is 0.597. The summed E-state index contributed by atoms with van der Waals surface area (Å²) < 4.78 is 10.7. The normalized spacial score (nSPS) is 19.6. The molecule has 0 aromatic carbocycles. The van der Waals surface area contributed by atoms with Crippen molar-refractivity contribution in [1.82, 2.24) is 4.90 Å². The Balaban J connectivity index is 1.92. The monoisotopic (exact) mass is 186 g/mol. The number of ether oxygens (including phenoxy) is 2. The van der Waals surface area contributed by atoms with Crippen LogP contribution in [0.1, 0.15) is 13.8 Å². The van der Waals surface area contributed by atoms with Gasteiger partial charge < -0.3 is 9.47 Å². The van der Waals surface area contributed by atoms with Gasteiger partial charge in [0, 0.05) is 19.6 Å². The summed E-state index contributed by atoms with van der Waals surface area (Å²) in [6, 6.07) is 0. The summed E-state index contributed by atoms with van der Waals surface area (Å²) in [5.74, 6) is 1.34. The van der Waals surface area contributed by atoms with Crippen LogP contribution < -0.4 is 0 Å². The Morgan fingerprint density at radius 2 is 2.00 bits per heavy atom. The average molecular weight is 186 g/mol. The van der Waals surface area contributed by atoms with Crippen LogP contribution in [-0.2, 0) is 9.47 Å². The summed E-state index contributed by atoms with van der Waals surface area (Å²) in [7, 11) is 0. The van der Waals surface area contributed by atoms with Gasteiger partial charge in [0.25, 0.3) is 0 Å². The second-order valence-corrected chi connectivity index (χ2v) is 3.71. The first-order valence-corrected chi connectivity index (χ1v) is 4.96. The van der Waals surface area contributed by atoms with E-state index in [2.05, 4.69) is 18.7 Å². The lowest BCUT2D eigenvalue weighted by atomic mass is 10.2. The van der Waals surface area contributed by atoms with E-state index >= 15 is 0 Å². The summed E-state index contributed by atoms with van der Waals surface area (Å²) in [5.41, 5.74) is 0. The fraction of sp³-hybridized carbons (Fsp3) is 0.900. The van der Waals surface area contributed by atoms with Crippen molar-refractivity contribution in [3.8, 4) is 0 Å². The highest BCUT2D eigenvalue weighted by molar-refractivity contribution is 4.75. The Hall–Kier alpha value is -0.120. The molecule has 1 aliphatic rings. The molecule has 0 N–H and O–H groups in total. The molecule has 1 rings (SSSR count). The van der Waals surface area contributed by atoms with E-state index in [0.717, 1.165) is 46.1 Å². The van der Waals surface area contributed by atoms with Crippen LogP contribution in [0.3, 0.4) is 0 Å². The smallest absolute Gasteiger partial charge is 0.0594 e. The van der Waals surface area contributed by atoms with Crippen molar-refractivity contribution in [2.45, 2.75) is 13.8 Å². The molecule has 0 bridgehead atoms. The Kier molecular flexibility index (Phi) is 5.35. The molecular formula is C10H20NO2. The van der Waals surface area contributed by atoms with Crippen molar-refractivity contribution in [2.75, 3.05) is 46.1 Å². The minimum atomic E-state index is 0.796. The van der Waals surface area contributed by atoms with Gasteiger partial charge in [0.1, 0.15) is 0 Å². The van der Waals surface area contributed by atoms with E-state index in [9.17, 15) is 0 Å². The summed E-state index contributed by atoms with van der Waals surface area (Å²) in [5, 5.41) is 0. The van der Waals surface area contributed by atoms with Gasteiger partial charge in [-0.25, -0.2) is 0 Å². The van der Waals surface area contributed by atoms with E-state index in [1.807, 2.05) is 0 Å². The molecule has 1 aliphatic heterocycles. The molecule has 0 atom stereocenters. The maximum Gasteiger partial charge on any atom is 0.0594 e. The zero-order valence-electron chi connectivity index (χ0n) is 8.71. The molecule has 0 spiro atoms. The first-order chi connectivity index (χ1) is 6.29. The highest BCUT2D eigenvalue weighted by Crippen LogP contribution is 1.98. The molecule has 0 unspecified atom stereocenters. The van der Waals surface area contributed by atoms with Gasteiger partial charge in [-0.3, -0.25) is 4.90 Å². The highest BCUT2D eigenvalue weighted by Gasteiger charge is 2.09. The van der Waals surface area contributed by atoms with Gasteiger partial charge >= 0.3 is 0 Å². The third kappa shape index (κ3) is 5.24. The highest BCUT2D eigenvalue weighted by atomic mass is 16.5. The van der Waals surface area contributed by atoms with Crippen LogP contribution >= 0.6 is 0 Å². The third-order valence-corrected chi connectivity index (χ3v) is 2.05. The predicted molar refractivity (Wildman–Crippen MR) is 52.7 cm³/mol.